The first-order chi connectivity index (χ1) is 9.09. The highest BCUT2D eigenvalue weighted by Gasteiger charge is 2.33. The Bertz CT molecular complexity index is 415. The molecule has 1 aliphatic heterocycles. The summed E-state index contributed by atoms with van der Waals surface area (Å²) in [5, 5.41) is 12.7. The molecule has 1 aliphatic rings. The Morgan fingerprint density at radius 1 is 1.53 bits per heavy atom. The number of nitrogens with one attached hydrogen (secondary N) is 1. The molecule has 0 bridgehead atoms. The molecule has 5 heteroatoms. The van der Waals surface area contributed by atoms with Gasteiger partial charge >= 0.3 is 0 Å². The minimum atomic E-state index is -0.942. The number of ether oxygens (including phenoxy) is 2. The van der Waals surface area contributed by atoms with Crippen molar-refractivity contribution in [3.05, 3.63) is 30.3 Å². The van der Waals surface area contributed by atoms with Crippen molar-refractivity contribution in [1.82, 2.24) is 5.32 Å². The van der Waals surface area contributed by atoms with Crippen LogP contribution in [0.15, 0.2) is 30.3 Å². The Morgan fingerprint density at radius 3 is 2.89 bits per heavy atom. The summed E-state index contributed by atoms with van der Waals surface area (Å²) < 4.78 is 10.6. The molecule has 104 valence electrons. The maximum atomic E-state index is 11.9. The molecular weight excluding hydrogens is 246 g/mol. The molecular formula is C14H19NO4. The first-order valence-corrected chi connectivity index (χ1v) is 6.39. The summed E-state index contributed by atoms with van der Waals surface area (Å²) in [6, 6.07) is 9.16. The van der Waals surface area contributed by atoms with Crippen LogP contribution >= 0.6 is 0 Å². The van der Waals surface area contributed by atoms with E-state index in [2.05, 4.69) is 5.32 Å². The van der Waals surface area contributed by atoms with E-state index in [1.54, 1.807) is 19.1 Å². The van der Waals surface area contributed by atoms with Crippen LogP contribution in [0.2, 0.25) is 0 Å². The van der Waals surface area contributed by atoms with Gasteiger partial charge in [-0.2, -0.15) is 0 Å². The highest BCUT2D eigenvalue weighted by Crippen LogP contribution is 2.17. The lowest BCUT2D eigenvalue weighted by Crippen LogP contribution is -2.46. The van der Waals surface area contributed by atoms with E-state index in [-0.39, 0.29) is 19.1 Å². The lowest BCUT2D eigenvalue weighted by atomic mass is 10.0. The van der Waals surface area contributed by atoms with E-state index in [1.807, 2.05) is 18.2 Å². The smallest absolute Gasteiger partial charge is 0.260 e. The fourth-order valence-corrected chi connectivity index (χ4v) is 1.89. The summed E-state index contributed by atoms with van der Waals surface area (Å²) in [7, 11) is 0. The zero-order valence-corrected chi connectivity index (χ0v) is 11.0. The van der Waals surface area contributed by atoms with E-state index in [9.17, 15) is 9.90 Å². The predicted molar refractivity (Wildman–Crippen MR) is 69.9 cm³/mol. The molecule has 1 aromatic carbocycles. The average molecular weight is 265 g/mol. The van der Waals surface area contributed by atoms with Crippen molar-refractivity contribution in [2.75, 3.05) is 19.8 Å². The second kappa shape index (κ2) is 6.04. The molecule has 2 N–H and O–H groups in total. The number of hydrogen-bond acceptors (Lipinski definition) is 4. The van der Waals surface area contributed by atoms with Crippen molar-refractivity contribution in [2.45, 2.75) is 25.0 Å². The van der Waals surface area contributed by atoms with Crippen LogP contribution in [0, 0.1) is 0 Å². The van der Waals surface area contributed by atoms with Crippen LogP contribution in [0.25, 0.3) is 0 Å². The van der Waals surface area contributed by atoms with Gasteiger partial charge in [0.2, 0.25) is 0 Å². The monoisotopic (exact) mass is 265 g/mol. The molecule has 19 heavy (non-hydrogen) atoms. The molecule has 2 atom stereocenters. The maximum Gasteiger partial charge on any atom is 0.260 e. The van der Waals surface area contributed by atoms with Gasteiger partial charge in [0.15, 0.2) is 6.10 Å². The van der Waals surface area contributed by atoms with Gasteiger partial charge in [0.05, 0.1) is 6.61 Å². The second-order valence-electron chi connectivity index (χ2n) is 4.82. The zero-order chi connectivity index (χ0) is 13.7. The maximum absolute atomic E-state index is 11.9. The standard InChI is InChI=1S/C14H19NO4/c1-11(19-12-5-3-2-4-6-12)13(16)15-9-14(17)7-8-18-10-14/h2-6,11,17H,7-10H2,1H3,(H,15,16). The number of amides is 1. The van der Waals surface area contributed by atoms with Gasteiger partial charge in [-0.25, -0.2) is 0 Å². The summed E-state index contributed by atoms with van der Waals surface area (Å²) in [6.45, 7) is 2.66. The van der Waals surface area contributed by atoms with Crippen molar-refractivity contribution in [3.8, 4) is 5.75 Å². The van der Waals surface area contributed by atoms with Gasteiger partial charge in [-0.15, -0.1) is 0 Å². The fourth-order valence-electron chi connectivity index (χ4n) is 1.89. The Morgan fingerprint density at radius 2 is 2.26 bits per heavy atom. The summed E-state index contributed by atoms with van der Waals surface area (Å²) in [5.74, 6) is 0.400. The number of para-hydroxylation sites is 1. The van der Waals surface area contributed by atoms with E-state index in [1.165, 1.54) is 0 Å². The highest BCUT2D eigenvalue weighted by atomic mass is 16.5. The van der Waals surface area contributed by atoms with Gasteiger partial charge in [0, 0.05) is 19.6 Å². The van der Waals surface area contributed by atoms with Gasteiger partial charge in [0.25, 0.3) is 5.91 Å². The summed E-state index contributed by atoms with van der Waals surface area (Å²) >= 11 is 0. The molecule has 0 spiro atoms. The minimum absolute atomic E-state index is 0.189. The van der Waals surface area contributed by atoms with Gasteiger partial charge in [0.1, 0.15) is 11.4 Å². The zero-order valence-electron chi connectivity index (χ0n) is 11.0. The highest BCUT2D eigenvalue weighted by molar-refractivity contribution is 5.80. The number of carbonyl (C=O) groups is 1. The molecule has 0 saturated carbocycles. The van der Waals surface area contributed by atoms with Gasteiger partial charge in [-0.3, -0.25) is 4.79 Å². The second-order valence-corrected chi connectivity index (χ2v) is 4.82. The number of aliphatic hydroxyl groups is 1. The Kier molecular flexibility index (Phi) is 4.39. The quantitative estimate of drug-likeness (QED) is 0.823. The van der Waals surface area contributed by atoms with E-state index in [4.69, 9.17) is 9.47 Å². The van der Waals surface area contributed by atoms with E-state index in [0.29, 0.717) is 18.8 Å². The largest absolute Gasteiger partial charge is 0.481 e. The average Bonchev–Trinajstić information content (AvgIpc) is 2.84. The van der Waals surface area contributed by atoms with E-state index < -0.39 is 11.7 Å². The van der Waals surface area contributed by atoms with Crippen LogP contribution in [0.3, 0.4) is 0 Å². The Hall–Kier alpha value is -1.59. The molecule has 0 aliphatic carbocycles. The molecule has 0 radical (unpaired) electrons. The van der Waals surface area contributed by atoms with Crippen LogP contribution in [-0.2, 0) is 9.53 Å². The molecule has 1 amide bonds. The van der Waals surface area contributed by atoms with Crippen molar-refractivity contribution in [1.29, 1.82) is 0 Å². The fraction of sp³-hybridized carbons (Fsp3) is 0.500. The third kappa shape index (κ3) is 3.94. The van der Waals surface area contributed by atoms with E-state index >= 15 is 0 Å². The molecule has 1 heterocycles. The van der Waals surface area contributed by atoms with Crippen LogP contribution in [-0.4, -0.2) is 42.5 Å². The lowest BCUT2D eigenvalue weighted by molar-refractivity contribution is -0.128. The number of rotatable bonds is 5. The molecule has 1 fully saturated rings. The number of hydrogen-bond donors (Lipinski definition) is 2. The Labute approximate surface area is 112 Å². The minimum Gasteiger partial charge on any atom is -0.481 e. The van der Waals surface area contributed by atoms with Crippen LogP contribution in [0.4, 0.5) is 0 Å². The first kappa shape index (κ1) is 13.8. The topological polar surface area (TPSA) is 67.8 Å². The van der Waals surface area contributed by atoms with Crippen molar-refractivity contribution in [3.63, 3.8) is 0 Å². The predicted octanol–water partition coefficient (Wildman–Crippen LogP) is 0.721. The summed E-state index contributed by atoms with van der Waals surface area (Å²) in [4.78, 5) is 11.9. The SMILES string of the molecule is CC(Oc1ccccc1)C(=O)NCC1(O)CCOC1. The van der Waals surface area contributed by atoms with Gasteiger partial charge in [-0.1, -0.05) is 18.2 Å². The van der Waals surface area contributed by atoms with Crippen LogP contribution in [0.5, 0.6) is 5.75 Å². The normalized spacial score (nSPS) is 23.9. The first-order valence-electron chi connectivity index (χ1n) is 6.39. The molecule has 1 saturated heterocycles. The third-order valence-corrected chi connectivity index (χ3v) is 3.10. The molecule has 0 aromatic heterocycles. The van der Waals surface area contributed by atoms with Gasteiger partial charge in [-0.05, 0) is 19.1 Å². The summed E-state index contributed by atoms with van der Waals surface area (Å²) in [6.07, 6.45) is -0.0605. The van der Waals surface area contributed by atoms with Crippen molar-refractivity contribution >= 4 is 5.91 Å². The van der Waals surface area contributed by atoms with Gasteiger partial charge < -0.3 is 19.9 Å². The van der Waals surface area contributed by atoms with Crippen LogP contribution in [0.1, 0.15) is 13.3 Å². The van der Waals surface area contributed by atoms with Crippen molar-refractivity contribution < 1.29 is 19.4 Å². The molecule has 2 unspecified atom stereocenters. The third-order valence-electron chi connectivity index (χ3n) is 3.10. The van der Waals surface area contributed by atoms with Crippen LogP contribution < -0.4 is 10.1 Å². The van der Waals surface area contributed by atoms with Crippen molar-refractivity contribution in [2.24, 2.45) is 0 Å². The molecule has 5 nitrogen and oxygen atoms in total. The lowest BCUT2D eigenvalue weighted by Gasteiger charge is -2.22. The molecule has 1 aromatic rings. The Balaban J connectivity index is 1.79. The number of carbonyl (C=O) groups excluding carboxylic acids is 1. The molecule has 2 rings (SSSR count). The summed E-state index contributed by atoms with van der Waals surface area (Å²) in [5.41, 5.74) is -0.942. The van der Waals surface area contributed by atoms with E-state index in [0.717, 1.165) is 0 Å². The number of benzene rings is 1.